The van der Waals surface area contributed by atoms with E-state index < -0.39 is 0 Å². The lowest BCUT2D eigenvalue weighted by Gasteiger charge is -2.36. The van der Waals surface area contributed by atoms with Crippen LogP contribution in [0.5, 0.6) is 0 Å². The monoisotopic (exact) mass is 243 g/mol. The summed E-state index contributed by atoms with van der Waals surface area (Å²) in [4.78, 5) is 4.77. The Morgan fingerprint density at radius 2 is 2.17 bits per heavy atom. The van der Waals surface area contributed by atoms with Crippen LogP contribution in [0.2, 0.25) is 0 Å². The summed E-state index contributed by atoms with van der Waals surface area (Å²) in [7, 11) is 4.30. The van der Waals surface area contributed by atoms with Crippen molar-refractivity contribution >= 4 is 0 Å². The molecule has 1 aromatic rings. The maximum absolute atomic E-state index is 9.11. The fraction of sp³-hybridized carbons (Fsp3) is 0.533. The van der Waals surface area contributed by atoms with E-state index in [0.717, 1.165) is 30.8 Å². The first-order chi connectivity index (χ1) is 8.70. The Labute approximate surface area is 110 Å². The van der Waals surface area contributed by atoms with Gasteiger partial charge in [-0.1, -0.05) is 18.2 Å². The van der Waals surface area contributed by atoms with Gasteiger partial charge in [-0.15, -0.1) is 0 Å². The van der Waals surface area contributed by atoms with E-state index in [4.69, 9.17) is 5.26 Å². The summed E-state index contributed by atoms with van der Waals surface area (Å²) in [6, 6.07) is 10.8. The second-order valence-corrected chi connectivity index (χ2v) is 5.26. The minimum absolute atomic E-state index is 0.646. The summed E-state index contributed by atoms with van der Waals surface area (Å²) in [5.41, 5.74) is 1.96. The number of hydrogen-bond donors (Lipinski definition) is 0. The third-order valence-corrected chi connectivity index (χ3v) is 3.74. The van der Waals surface area contributed by atoms with Crippen molar-refractivity contribution in [1.82, 2.24) is 9.80 Å². The summed E-state index contributed by atoms with van der Waals surface area (Å²) >= 11 is 0. The SMILES string of the molecule is CN(C)C1CCCN(Cc2ccccc2C#N)C1. The highest BCUT2D eigenvalue weighted by atomic mass is 15.2. The highest BCUT2D eigenvalue weighted by molar-refractivity contribution is 5.37. The lowest BCUT2D eigenvalue weighted by Crippen LogP contribution is -2.44. The Morgan fingerprint density at radius 3 is 2.89 bits per heavy atom. The number of likely N-dealkylation sites (N-methyl/N-ethyl adjacent to an activating group) is 1. The van der Waals surface area contributed by atoms with Crippen LogP contribution in [0.3, 0.4) is 0 Å². The number of nitriles is 1. The Hall–Kier alpha value is -1.37. The van der Waals surface area contributed by atoms with Gasteiger partial charge in [0, 0.05) is 19.1 Å². The van der Waals surface area contributed by atoms with Gasteiger partial charge in [-0.2, -0.15) is 5.26 Å². The van der Waals surface area contributed by atoms with Gasteiger partial charge in [0.25, 0.3) is 0 Å². The Bertz CT molecular complexity index is 434. The first-order valence-corrected chi connectivity index (χ1v) is 6.57. The molecule has 1 saturated heterocycles. The summed E-state index contributed by atoms with van der Waals surface area (Å²) in [6.07, 6.45) is 2.53. The summed E-state index contributed by atoms with van der Waals surface area (Å²) in [5.74, 6) is 0. The van der Waals surface area contributed by atoms with Gasteiger partial charge in [-0.05, 0) is 45.1 Å². The number of rotatable bonds is 3. The average Bonchev–Trinajstić information content (AvgIpc) is 2.39. The van der Waals surface area contributed by atoms with Crippen LogP contribution in [0.25, 0.3) is 0 Å². The number of likely N-dealkylation sites (tertiary alicyclic amines) is 1. The molecule has 0 bridgehead atoms. The molecule has 1 heterocycles. The van der Waals surface area contributed by atoms with Gasteiger partial charge >= 0.3 is 0 Å². The Kier molecular flexibility index (Phi) is 4.35. The van der Waals surface area contributed by atoms with Gasteiger partial charge < -0.3 is 4.90 Å². The molecule has 1 aliphatic rings. The number of benzene rings is 1. The molecule has 0 N–H and O–H groups in total. The third-order valence-electron chi connectivity index (χ3n) is 3.74. The van der Waals surface area contributed by atoms with Crippen LogP contribution in [0, 0.1) is 11.3 Å². The summed E-state index contributed by atoms with van der Waals surface area (Å²) in [6.45, 7) is 3.14. The molecule has 1 fully saturated rings. The quantitative estimate of drug-likeness (QED) is 0.814. The van der Waals surface area contributed by atoms with Crippen LogP contribution in [-0.2, 0) is 6.54 Å². The molecule has 1 atom stereocenters. The van der Waals surface area contributed by atoms with E-state index in [1.165, 1.54) is 12.8 Å². The van der Waals surface area contributed by atoms with Gasteiger partial charge in [0.2, 0.25) is 0 Å². The van der Waals surface area contributed by atoms with Gasteiger partial charge in [0.1, 0.15) is 0 Å². The minimum atomic E-state index is 0.646. The maximum atomic E-state index is 9.11. The molecule has 18 heavy (non-hydrogen) atoms. The molecule has 0 aromatic heterocycles. The second kappa shape index (κ2) is 5.99. The molecule has 2 rings (SSSR count). The molecule has 96 valence electrons. The van der Waals surface area contributed by atoms with Crippen molar-refractivity contribution in [3.8, 4) is 6.07 Å². The van der Waals surface area contributed by atoms with Crippen LogP contribution in [0.4, 0.5) is 0 Å². The number of piperidine rings is 1. The van der Waals surface area contributed by atoms with E-state index in [0.29, 0.717) is 6.04 Å². The van der Waals surface area contributed by atoms with Crippen molar-refractivity contribution < 1.29 is 0 Å². The van der Waals surface area contributed by atoms with Crippen molar-refractivity contribution in [3.05, 3.63) is 35.4 Å². The number of hydrogen-bond acceptors (Lipinski definition) is 3. The van der Waals surface area contributed by atoms with Crippen molar-refractivity contribution in [3.63, 3.8) is 0 Å². The van der Waals surface area contributed by atoms with Crippen molar-refractivity contribution in [1.29, 1.82) is 5.26 Å². The van der Waals surface area contributed by atoms with E-state index in [1.807, 2.05) is 18.2 Å². The van der Waals surface area contributed by atoms with Crippen molar-refractivity contribution in [2.75, 3.05) is 27.2 Å². The predicted octanol–water partition coefficient (Wildman–Crippen LogP) is 2.08. The molecule has 0 aliphatic carbocycles. The first kappa shape index (κ1) is 13.1. The number of nitrogens with zero attached hydrogens (tertiary/aromatic N) is 3. The summed E-state index contributed by atoms with van der Waals surface area (Å²) < 4.78 is 0. The van der Waals surface area contributed by atoms with Crippen LogP contribution in [0.15, 0.2) is 24.3 Å². The molecule has 1 unspecified atom stereocenters. The van der Waals surface area contributed by atoms with Gasteiger partial charge in [-0.25, -0.2) is 0 Å². The van der Waals surface area contributed by atoms with Gasteiger partial charge in [0.05, 0.1) is 11.6 Å². The van der Waals surface area contributed by atoms with Crippen LogP contribution >= 0.6 is 0 Å². The smallest absolute Gasteiger partial charge is 0.0995 e. The van der Waals surface area contributed by atoms with E-state index in [-0.39, 0.29) is 0 Å². The highest BCUT2D eigenvalue weighted by Crippen LogP contribution is 2.17. The van der Waals surface area contributed by atoms with E-state index in [9.17, 15) is 0 Å². The maximum Gasteiger partial charge on any atom is 0.0995 e. The largest absolute Gasteiger partial charge is 0.305 e. The molecular formula is C15H21N3. The van der Waals surface area contributed by atoms with E-state index in [2.05, 4.69) is 36.0 Å². The fourth-order valence-electron chi connectivity index (χ4n) is 2.60. The highest BCUT2D eigenvalue weighted by Gasteiger charge is 2.21. The molecule has 1 aromatic carbocycles. The third kappa shape index (κ3) is 3.10. The van der Waals surface area contributed by atoms with Crippen LogP contribution in [-0.4, -0.2) is 43.0 Å². The van der Waals surface area contributed by atoms with Crippen molar-refractivity contribution in [2.45, 2.75) is 25.4 Å². The van der Waals surface area contributed by atoms with Gasteiger partial charge in [0.15, 0.2) is 0 Å². The van der Waals surface area contributed by atoms with Crippen LogP contribution < -0.4 is 0 Å². The molecule has 1 aliphatic heterocycles. The molecule has 0 saturated carbocycles. The molecule has 0 amide bonds. The molecule has 3 heteroatoms. The summed E-state index contributed by atoms with van der Waals surface area (Å²) in [5, 5.41) is 9.11. The minimum Gasteiger partial charge on any atom is -0.305 e. The molecule has 0 radical (unpaired) electrons. The molecule has 0 spiro atoms. The lowest BCUT2D eigenvalue weighted by molar-refractivity contribution is 0.128. The molecule has 3 nitrogen and oxygen atoms in total. The first-order valence-electron chi connectivity index (χ1n) is 6.57. The average molecular weight is 243 g/mol. The van der Waals surface area contributed by atoms with E-state index >= 15 is 0 Å². The van der Waals surface area contributed by atoms with Crippen molar-refractivity contribution in [2.24, 2.45) is 0 Å². The van der Waals surface area contributed by atoms with E-state index in [1.54, 1.807) is 0 Å². The van der Waals surface area contributed by atoms with Gasteiger partial charge in [-0.3, -0.25) is 4.90 Å². The normalized spacial score (nSPS) is 20.9. The Balaban J connectivity index is 2.03. The zero-order valence-corrected chi connectivity index (χ0v) is 11.3. The topological polar surface area (TPSA) is 30.3 Å². The molecular weight excluding hydrogens is 222 g/mol. The van der Waals surface area contributed by atoms with Crippen LogP contribution in [0.1, 0.15) is 24.0 Å². The zero-order valence-electron chi connectivity index (χ0n) is 11.3. The lowest BCUT2D eigenvalue weighted by atomic mass is 10.0. The fourth-order valence-corrected chi connectivity index (χ4v) is 2.60. The second-order valence-electron chi connectivity index (χ2n) is 5.26. The Morgan fingerprint density at radius 1 is 1.39 bits per heavy atom. The zero-order chi connectivity index (χ0) is 13.0. The standard InChI is InChI=1S/C15H21N3/c1-17(2)15-8-5-9-18(12-15)11-14-7-4-3-6-13(14)10-16/h3-4,6-7,15H,5,8-9,11-12H2,1-2H3. The predicted molar refractivity (Wildman–Crippen MR) is 73.1 cm³/mol.